The van der Waals surface area contributed by atoms with E-state index in [1.54, 1.807) is 20.9 Å². The number of benzene rings is 1. The molecule has 23 heavy (non-hydrogen) atoms. The Morgan fingerprint density at radius 1 is 1.26 bits per heavy atom. The molecule has 0 heterocycles. The highest BCUT2D eigenvalue weighted by atomic mass is 35.5. The second-order valence-electron chi connectivity index (χ2n) is 5.95. The summed E-state index contributed by atoms with van der Waals surface area (Å²) in [7, 11) is -1.59. The van der Waals surface area contributed by atoms with Gasteiger partial charge in [-0.1, -0.05) is 29.8 Å². The average Bonchev–Trinajstić information content (AvgIpc) is 2.42. The van der Waals surface area contributed by atoms with Crippen LogP contribution in [-0.4, -0.2) is 46.3 Å². The molecule has 0 aromatic heterocycles. The van der Waals surface area contributed by atoms with Crippen LogP contribution in [0.4, 0.5) is 0 Å². The van der Waals surface area contributed by atoms with Crippen LogP contribution in [0.15, 0.2) is 29.3 Å². The number of sulfonamides is 1. The number of rotatable bonds is 7. The molecule has 1 rings (SSSR count). The summed E-state index contributed by atoms with van der Waals surface area (Å²) in [6.07, 6.45) is 1.91. The van der Waals surface area contributed by atoms with Gasteiger partial charge in [-0.05, 0) is 31.9 Å². The Balaban J connectivity index is 2.45. The first-order chi connectivity index (χ1) is 10.6. The lowest BCUT2D eigenvalue weighted by atomic mass is 10.1. The van der Waals surface area contributed by atoms with Gasteiger partial charge in [-0.3, -0.25) is 4.99 Å². The minimum Gasteiger partial charge on any atom is -0.356 e. The molecular formula is C15H25ClN4O2S. The topological polar surface area (TPSA) is 82.6 Å². The molecular weight excluding hydrogens is 336 g/mol. The van der Waals surface area contributed by atoms with Gasteiger partial charge in [-0.25, -0.2) is 13.1 Å². The minimum absolute atomic E-state index is 0.409. The van der Waals surface area contributed by atoms with Crippen LogP contribution in [0, 0.1) is 0 Å². The standard InChI is InChI=1S/C15H25ClN4O2S/c1-15(2,20-23(4,21)22)11-19-14(17-3)18-10-9-12-7-5-6-8-13(12)16/h5-8,20H,9-11H2,1-4H3,(H2,17,18,19). The van der Waals surface area contributed by atoms with Gasteiger partial charge in [0.05, 0.1) is 6.26 Å². The van der Waals surface area contributed by atoms with E-state index in [4.69, 9.17) is 11.6 Å². The molecule has 1 aromatic rings. The van der Waals surface area contributed by atoms with E-state index in [9.17, 15) is 8.42 Å². The van der Waals surface area contributed by atoms with Crippen molar-refractivity contribution in [2.75, 3.05) is 26.4 Å². The van der Waals surface area contributed by atoms with E-state index < -0.39 is 15.6 Å². The SMILES string of the molecule is CN=C(NCCc1ccccc1Cl)NCC(C)(C)NS(C)(=O)=O. The van der Waals surface area contributed by atoms with Crippen LogP contribution >= 0.6 is 11.6 Å². The van der Waals surface area contributed by atoms with Gasteiger partial charge in [0.1, 0.15) is 0 Å². The molecule has 0 spiro atoms. The Morgan fingerprint density at radius 3 is 2.48 bits per heavy atom. The molecule has 0 saturated carbocycles. The Kier molecular flexibility index (Phi) is 7.31. The molecule has 0 bridgehead atoms. The van der Waals surface area contributed by atoms with Gasteiger partial charge >= 0.3 is 0 Å². The van der Waals surface area contributed by atoms with E-state index in [0.717, 1.165) is 23.3 Å². The second kappa shape index (κ2) is 8.52. The van der Waals surface area contributed by atoms with Gasteiger partial charge in [0.2, 0.25) is 10.0 Å². The van der Waals surface area contributed by atoms with E-state index >= 15 is 0 Å². The molecule has 1 aromatic carbocycles. The van der Waals surface area contributed by atoms with Crippen molar-refractivity contribution in [1.82, 2.24) is 15.4 Å². The maximum Gasteiger partial charge on any atom is 0.209 e. The molecule has 0 fully saturated rings. The minimum atomic E-state index is -3.26. The van der Waals surface area contributed by atoms with Gasteiger partial charge in [0.15, 0.2) is 5.96 Å². The van der Waals surface area contributed by atoms with Crippen LogP contribution in [-0.2, 0) is 16.4 Å². The fourth-order valence-corrected chi connectivity index (χ4v) is 3.39. The van der Waals surface area contributed by atoms with Crippen molar-refractivity contribution in [3.8, 4) is 0 Å². The Morgan fingerprint density at radius 2 is 1.91 bits per heavy atom. The predicted molar refractivity (Wildman–Crippen MR) is 96.6 cm³/mol. The van der Waals surface area contributed by atoms with Crippen LogP contribution < -0.4 is 15.4 Å². The van der Waals surface area contributed by atoms with Crippen molar-refractivity contribution in [3.63, 3.8) is 0 Å². The maximum atomic E-state index is 11.3. The Hall–Kier alpha value is -1.31. The second-order valence-corrected chi connectivity index (χ2v) is 8.11. The highest BCUT2D eigenvalue weighted by molar-refractivity contribution is 7.88. The van der Waals surface area contributed by atoms with Gasteiger partial charge in [-0.15, -0.1) is 0 Å². The van der Waals surface area contributed by atoms with E-state index in [-0.39, 0.29) is 0 Å². The number of nitrogens with one attached hydrogen (secondary N) is 3. The molecule has 130 valence electrons. The quantitative estimate of drug-likeness (QED) is 0.506. The van der Waals surface area contributed by atoms with Crippen molar-refractivity contribution >= 4 is 27.6 Å². The lowest BCUT2D eigenvalue weighted by molar-refractivity contribution is 0.446. The van der Waals surface area contributed by atoms with E-state index in [2.05, 4.69) is 20.3 Å². The molecule has 3 N–H and O–H groups in total. The summed E-state index contributed by atoms with van der Waals surface area (Å²) in [5, 5.41) is 7.04. The van der Waals surface area contributed by atoms with Gasteiger partial charge in [0, 0.05) is 30.7 Å². The summed E-state index contributed by atoms with van der Waals surface area (Å²) in [6.45, 7) is 4.69. The van der Waals surface area contributed by atoms with E-state index in [1.807, 2.05) is 24.3 Å². The first-order valence-corrected chi connectivity index (χ1v) is 9.57. The molecule has 6 nitrogen and oxygen atoms in total. The van der Waals surface area contributed by atoms with Crippen molar-refractivity contribution < 1.29 is 8.42 Å². The molecule has 0 amide bonds. The average molecular weight is 361 g/mol. The Labute approximate surface area is 143 Å². The third kappa shape index (κ3) is 8.20. The van der Waals surface area contributed by atoms with Crippen LogP contribution in [0.2, 0.25) is 5.02 Å². The van der Waals surface area contributed by atoms with Gasteiger partial charge in [0.25, 0.3) is 0 Å². The molecule has 0 saturated heterocycles. The lowest BCUT2D eigenvalue weighted by Gasteiger charge is -2.26. The molecule has 0 aliphatic carbocycles. The summed E-state index contributed by atoms with van der Waals surface area (Å²) in [5.74, 6) is 0.612. The number of guanidine groups is 1. The number of halogens is 1. The molecule has 0 unspecified atom stereocenters. The fraction of sp³-hybridized carbons (Fsp3) is 0.533. The monoisotopic (exact) mass is 360 g/mol. The number of hydrogen-bond acceptors (Lipinski definition) is 3. The van der Waals surface area contributed by atoms with Gasteiger partial charge in [-0.2, -0.15) is 0 Å². The van der Waals surface area contributed by atoms with Crippen molar-refractivity contribution in [2.24, 2.45) is 4.99 Å². The van der Waals surface area contributed by atoms with Crippen molar-refractivity contribution in [3.05, 3.63) is 34.9 Å². The third-order valence-corrected chi connectivity index (χ3v) is 4.32. The molecule has 0 aliphatic heterocycles. The summed E-state index contributed by atoms with van der Waals surface area (Å²) < 4.78 is 25.2. The third-order valence-electron chi connectivity index (χ3n) is 3.03. The summed E-state index contributed by atoms with van der Waals surface area (Å²) in [6, 6.07) is 7.70. The largest absolute Gasteiger partial charge is 0.356 e. The number of hydrogen-bond donors (Lipinski definition) is 3. The zero-order chi connectivity index (χ0) is 17.5. The lowest BCUT2D eigenvalue weighted by Crippen LogP contribution is -2.53. The zero-order valence-corrected chi connectivity index (χ0v) is 15.6. The number of nitrogens with zero attached hydrogens (tertiary/aromatic N) is 1. The smallest absolute Gasteiger partial charge is 0.209 e. The Bertz CT molecular complexity index is 645. The molecule has 0 radical (unpaired) electrons. The number of aliphatic imine (C=N–C) groups is 1. The first-order valence-electron chi connectivity index (χ1n) is 7.30. The maximum absolute atomic E-state index is 11.3. The molecule has 0 aliphatic rings. The normalized spacial score (nSPS) is 13.0. The van der Waals surface area contributed by atoms with E-state index in [0.29, 0.717) is 19.0 Å². The first kappa shape index (κ1) is 19.7. The highest BCUT2D eigenvalue weighted by Gasteiger charge is 2.22. The van der Waals surface area contributed by atoms with Gasteiger partial charge < -0.3 is 10.6 Å². The summed E-state index contributed by atoms with van der Waals surface area (Å²) in [5.41, 5.74) is 0.449. The summed E-state index contributed by atoms with van der Waals surface area (Å²) in [4.78, 5) is 4.13. The van der Waals surface area contributed by atoms with Crippen LogP contribution in [0.25, 0.3) is 0 Å². The van der Waals surface area contributed by atoms with Crippen LogP contribution in [0.5, 0.6) is 0 Å². The summed E-state index contributed by atoms with van der Waals surface area (Å²) >= 11 is 6.12. The highest BCUT2D eigenvalue weighted by Crippen LogP contribution is 2.14. The molecule has 0 atom stereocenters. The zero-order valence-electron chi connectivity index (χ0n) is 14.0. The van der Waals surface area contributed by atoms with Crippen molar-refractivity contribution in [2.45, 2.75) is 25.8 Å². The fourth-order valence-electron chi connectivity index (χ4n) is 2.08. The van der Waals surface area contributed by atoms with E-state index in [1.165, 1.54) is 0 Å². The van der Waals surface area contributed by atoms with Crippen LogP contribution in [0.1, 0.15) is 19.4 Å². The van der Waals surface area contributed by atoms with Crippen LogP contribution in [0.3, 0.4) is 0 Å². The van der Waals surface area contributed by atoms with Crippen molar-refractivity contribution in [1.29, 1.82) is 0 Å². The molecule has 8 heteroatoms. The predicted octanol–water partition coefficient (Wildman–Crippen LogP) is 1.38.